The van der Waals surface area contributed by atoms with Crippen LogP contribution < -0.4 is 10.1 Å². The van der Waals surface area contributed by atoms with Crippen LogP contribution >= 0.6 is 0 Å². The molecule has 0 aliphatic heterocycles. The summed E-state index contributed by atoms with van der Waals surface area (Å²) in [6.07, 6.45) is 2.78. The van der Waals surface area contributed by atoms with Crippen LogP contribution in [0, 0.1) is 5.82 Å². The minimum Gasteiger partial charge on any atom is -0.497 e. The lowest BCUT2D eigenvalue weighted by Crippen LogP contribution is -2.24. The van der Waals surface area contributed by atoms with Crippen molar-refractivity contribution in [3.8, 4) is 5.75 Å². The van der Waals surface area contributed by atoms with E-state index in [0.717, 1.165) is 24.8 Å². The van der Waals surface area contributed by atoms with Crippen molar-refractivity contribution in [2.75, 3.05) is 14.2 Å². The second-order valence-electron chi connectivity index (χ2n) is 3.89. The highest BCUT2D eigenvalue weighted by molar-refractivity contribution is 5.28. The molecule has 0 radical (unpaired) electrons. The summed E-state index contributed by atoms with van der Waals surface area (Å²) in [6, 6.07) is 5.51. The van der Waals surface area contributed by atoms with Crippen LogP contribution in [0.15, 0.2) is 18.2 Å². The summed E-state index contributed by atoms with van der Waals surface area (Å²) >= 11 is 0. The molecule has 0 spiro atoms. The van der Waals surface area contributed by atoms with Gasteiger partial charge in [0.05, 0.1) is 7.11 Å². The second-order valence-corrected chi connectivity index (χ2v) is 3.89. The maximum atomic E-state index is 13.6. The second kappa shape index (κ2) is 6.48. The number of nitrogens with one attached hydrogen (secondary N) is 1. The first-order valence-electron chi connectivity index (χ1n) is 5.71. The van der Waals surface area contributed by atoms with E-state index in [0.29, 0.717) is 11.8 Å². The van der Waals surface area contributed by atoms with Gasteiger partial charge in [-0.25, -0.2) is 4.39 Å². The Kier molecular flexibility index (Phi) is 5.26. The zero-order chi connectivity index (χ0) is 12.0. The monoisotopic (exact) mass is 225 g/mol. The number of methoxy groups -OCH3 is 1. The normalized spacial score (nSPS) is 12.5. The Labute approximate surface area is 96.8 Å². The summed E-state index contributed by atoms with van der Waals surface area (Å²) in [7, 11) is 3.49. The van der Waals surface area contributed by atoms with E-state index in [1.807, 2.05) is 7.05 Å². The van der Waals surface area contributed by atoms with Crippen LogP contribution in [0.1, 0.15) is 25.3 Å². The number of rotatable bonds is 6. The van der Waals surface area contributed by atoms with Gasteiger partial charge in [0.1, 0.15) is 11.6 Å². The van der Waals surface area contributed by atoms with Crippen LogP contribution in [0.5, 0.6) is 5.75 Å². The van der Waals surface area contributed by atoms with Gasteiger partial charge >= 0.3 is 0 Å². The van der Waals surface area contributed by atoms with E-state index < -0.39 is 0 Å². The van der Waals surface area contributed by atoms with Gasteiger partial charge in [-0.2, -0.15) is 0 Å². The van der Waals surface area contributed by atoms with Crippen molar-refractivity contribution < 1.29 is 9.13 Å². The SMILES string of the molecule is CCC(CCc1ccc(OC)cc1F)NC. The van der Waals surface area contributed by atoms with Gasteiger partial charge in [0, 0.05) is 12.1 Å². The van der Waals surface area contributed by atoms with E-state index in [1.54, 1.807) is 19.2 Å². The smallest absolute Gasteiger partial charge is 0.130 e. The van der Waals surface area contributed by atoms with E-state index in [2.05, 4.69) is 12.2 Å². The fourth-order valence-corrected chi connectivity index (χ4v) is 1.74. The first-order chi connectivity index (χ1) is 7.71. The molecule has 0 saturated heterocycles. The molecule has 0 aromatic heterocycles. The van der Waals surface area contributed by atoms with Crippen LogP contribution in [-0.2, 0) is 6.42 Å². The van der Waals surface area contributed by atoms with Gasteiger partial charge in [-0.15, -0.1) is 0 Å². The molecule has 3 heteroatoms. The zero-order valence-corrected chi connectivity index (χ0v) is 10.2. The van der Waals surface area contributed by atoms with Crippen LogP contribution in [0.2, 0.25) is 0 Å². The Balaban J connectivity index is 2.60. The van der Waals surface area contributed by atoms with E-state index in [-0.39, 0.29) is 5.82 Å². The Bertz CT molecular complexity index is 324. The summed E-state index contributed by atoms with van der Waals surface area (Å²) in [5.41, 5.74) is 0.759. The molecule has 1 rings (SSSR count). The highest BCUT2D eigenvalue weighted by Gasteiger charge is 2.07. The molecule has 90 valence electrons. The summed E-state index contributed by atoms with van der Waals surface area (Å²) in [5.74, 6) is 0.396. The molecular formula is C13H20FNO. The fourth-order valence-electron chi connectivity index (χ4n) is 1.74. The molecule has 0 bridgehead atoms. The molecule has 1 aromatic rings. The molecule has 0 fully saturated rings. The standard InChI is InChI=1S/C13H20FNO/c1-4-11(15-2)7-5-10-6-8-12(16-3)9-13(10)14/h6,8-9,11,15H,4-5,7H2,1-3H3. The molecule has 1 aromatic carbocycles. The average molecular weight is 225 g/mol. The lowest BCUT2D eigenvalue weighted by Gasteiger charge is -2.13. The average Bonchev–Trinajstić information content (AvgIpc) is 2.32. The lowest BCUT2D eigenvalue weighted by atomic mass is 10.0. The highest BCUT2D eigenvalue weighted by atomic mass is 19.1. The number of benzene rings is 1. The van der Waals surface area contributed by atoms with Gasteiger partial charge in [0.25, 0.3) is 0 Å². The molecule has 16 heavy (non-hydrogen) atoms. The summed E-state index contributed by atoms with van der Waals surface area (Å²) in [6.45, 7) is 2.13. The van der Waals surface area contributed by atoms with Crippen LogP contribution in [-0.4, -0.2) is 20.2 Å². The molecule has 1 unspecified atom stereocenters. The van der Waals surface area contributed by atoms with Gasteiger partial charge in [0.15, 0.2) is 0 Å². The number of aryl methyl sites for hydroxylation is 1. The zero-order valence-electron chi connectivity index (χ0n) is 10.2. The molecular weight excluding hydrogens is 205 g/mol. The molecule has 0 amide bonds. The number of hydrogen-bond acceptors (Lipinski definition) is 2. The predicted octanol–water partition coefficient (Wildman–Crippen LogP) is 2.76. The molecule has 0 aliphatic rings. The van der Waals surface area contributed by atoms with Crippen LogP contribution in [0.25, 0.3) is 0 Å². The van der Waals surface area contributed by atoms with Gasteiger partial charge < -0.3 is 10.1 Å². The third-order valence-electron chi connectivity index (χ3n) is 2.92. The third kappa shape index (κ3) is 3.49. The van der Waals surface area contributed by atoms with E-state index in [4.69, 9.17) is 4.74 Å². The first-order valence-corrected chi connectivity index (χ1v) is 5.71. The van der Waals surface area contributed by atoms with Crippen molar-refractivity contribution in [2.45, 2.75) is 32.2 Å². The third-order valence-corrected chi connectivity index (χ3v) is 2.92. The van der Waals surface area contributed by atoms with E-state index >= 15 is 0 Å². The van der Waals surface area contributed by atoms with Crippen molar-refractivity contribution in [3.63, 3.8) is 0 Å². The largest absolute Gasteiger partial charge is 0.497 e. The number of ether oxygens (including phenoxy) is 1. The first kappa shape index (κ1) is 13.0. The Morgan fingerprint density at radius 3 is 2.69 bits per heavy atom. The van der Waals surface area contributed by atoms with Crippen molar-refractivity contribution in [1.29, 1.82) is 0 Å². The summed E-state index contributed by atoms with van der Waals surface area (Å²) < 4.78 is 18.6. The fraction of sp³-hybridized carbons (Fsp3) is 0.538. The summed E-state index contributed by atoms with van der Waals surface area (Å²) in [5, 5.41) is 3.22. The number of halogens is 1. The van der Waals surface area contributed by atoms with Crippen molar-refractivity contribution in [1.82, 2.24) is 5.32 Å². The van der Waals surface area contributed by atoms with Crippen molar-refractivity contribution >= 4 is 0 Å². The van der Waals surface area contributed by atoms with Crippen molar-refractivity contribution in [2.24, 2.45) is 0 Å². The number of hydrogen-bond donors (Lipinski definition) is 1. The summed E-state index contributed by atoms with van der Waals surface area (Å²) in [4.78, 5) is 0. The van der Waals surface area contributed by atoms with Crippen LogP contribution in [0.3, 0.4) is 0 Å². The predicted molar refractivity (Wildman–Crippen MR) is 64.4 cm³/mol. The molecule has 0 aliphatic carbocycles. The Morgan fingerprint density at radius 2 is 2.19 bits per heavy atom. The Morgan fingerprint density at radius 1 is 1.44 bits per heavy atom. The van der Waals surface area contributed by atoms with Gasteiger partial charge in [-0.05, 0) is 37.9 Å². The maximum Gasteiger partial charge on any atom is 0.130 e. The molecule has 0 saturated carbocycles. The van der Waals surface area contributed by atoms with Gasteiger partial charge in [0.2, 0.25) is 0 Å². The Hall–Kier alpha value is -1.09. The maximum absolute atomic E-state index is 13.6. The highest BCUT2D eigenvalue weighted by Crippen LogP contribution is 2.18. The van der Waals surface area contributed by atoms with E-state index in [9.17, 15) is 4.39 Å². The van der Waals surface area contributed by atoms with Crippen LogP contribution in [0.4, 0.5) is 4.39 Å². The quantitative estimate of drug-likeness (QED) is 0.803. The van der Waals surface area contributed by atoms with Gasteiger partial charge in [-0.1, -0.05) is 13.0 Å². The molecule has 2 nitrogen and oxygen atoms in total. The minimum atomic E-state index is -0.176. The molecule has 1 atom stereocenters. The topological polar surface area (TPSA) is 21.3 Å². The molecule has 1 N–H and O–H groups in total. The molecule has 0 heterocycles. The van der Waals surface area contributed by atoms with Crippen molar-refractivity contribution in [3.05, 3.63) is 29.6 Å². The lowest BCUT2D eigenvalue weighted by molar-refractivity contribution is 0.410. The van der Waals surface area contributed by atoms with E-state index in [1.165, 1.54) is 6.07 Å². The minimum absolute atomic E-state index is 0.176. The van der Waals surface area contributed by atoms with Gasteiger partial charge in [-0.3, -0.25) is 0 Å².